The standard InChI is InChI=1S/C19H19ClN2O4/c1-12-15(11-21)18(24)22(8-3-9-26-2)19(25)17(12)16(23)10-13-4-6-14(20)7-5-13/h4-7,25H,3,8-10H2,1-2H3. The Kier molecular flexibility index (Phi) is 6.56. The van der Waals surface area contributed by atoms with E-state index >= 15 is 0 Å². The van der Waals surface area contributed by atoms with Gasteiger partial charge in [0.15, 0.2) is 5.78 Å². The molecular weight excluding hydrogens is 356 g/mol. The number of hydrogen-bond donors (Lipinski definition) is 1. The third-order valence-electron chi connectivity index (χ3n) is 4.09. The van der Waals surface area contributed by atoms with Crippen molar-refractivity contribution in [3.05, 3.63) is 61.9 Å². The second-order valence-corrected chi connectivity index (χ2v) is 6.28. The Labute approximate surface area is 156 Å². The van der Waals surface area contributed by atoms with Crippen molar-refractivity contribution in [2.75, 3.05) is 13.7 Å². The molecule has 0 atom stereocenters. The first-order chi connectivity index (χ1) is 12.4. The highest BCUT2D eigenvalue weighted by Gasteiger charge is 2.23. The second-order valence-electron chi connectivity index (χ2n) is 5.84. The smallest absolute Gasteiger partial charge is 0.271 e. The quantitative estimate of drug-likeness (QED) is 0.594. The number of pyridine rings is 1. The predicted octanol–water partition coefficient (Wildman–Crippen LogP) is 2.85. The number of halogens is 1. The van der Waals surface area contributed by atoms with Crippen LogP contribution in [0.4, 0.5) is 0 Å². The van der Waals surface area contributed by atoms with Crippen LogP contribution in [0.1, 0.15) is 33.5 Å². The van der Waals surface area contributed by atoms with E-state index in [-0.39, 0.29) is 35.4 Å². The molecule has 1 heterocycles. The summed E-state index contributed by atoms with van der Waals surface area (Å²) in [5.41, 5.74) is 0.153. The van der Waals surface area contributed by atoms with Gasteiger partial charge < -0.3 is 9.84 Å². The third-order valence-corrected chi connectivity index (χ3v) is 4.34. The van der Waals surface area contributed by atoms with E-state index < -0.39 is 11.4 Å². The summed E-state index contributed by atoms with van der Waals surface area (Å²) >= 11 is 5.84. The van der Waals surface area contributed by atoms with Crippen molar-refractivity contribution < 1.29 is 14.6 Å². The van der Waals surface area contributed by atoms with Crippen molar-refractivity contribution in [3.8, 4) is 11.9 Å². The van der Waals surface area contributed by atoms with E-state index in [9.17, 15) is 20.0 Å². The monoisotopic (exact) mass is 374 g/mol. The number of hydrogen-bond acceptors (Lipinski definition) is 5. The van der Waals surface area contributed by atoms with E-state index in [1.54, 1.807) is 24.3 Å². The minimum absolute atomic E-state index is 0.00600. The van der Waals surface area contributed by atoms with Crippen LogP contribution in [-0.2, 0) is 17.7 Å². The number of nitrogens with zero attached hydrogens (tertiary/aromatic N) is 2. The van der Waals surface area contributed by atoms with Gasteiger partial charge >= 0.3 is 0 Å². The van der Waals surface area contributed by atoms with Gasteiger partial charge in [0.2, 0.25) is 5.88 Å². The number of nitriles is 1. The number of benzene rings is 1. The summed E-state index contributed by atoms with van der Waals surface area (Å²) in [4.78, 5) is 25.2. The summed E-state index contributed by atoms with van der Waals surface area (Å²) in [6.45, 7) is 2.03. The van der Waals surface area contributed by atoms with Crippen molar-refractivity contribution in [1.82, 2.24) is 4.57 Å². The molecule has 2 rings (SSSR count). The zero-order chi connectivity index (χ0) is 19.3. The molecule has 0 fully saturated rings. The summed E-state index contributed by atoms with van der Waals surface area (Å²) in [7, 11) is 1.53. The lowest BCUT2D eigenvalue weighted by atomic mass is 9.97. The van der Waals surface area contributed by atoms with Gasteiger partial charge in [0.05, 0.1) is 5.56 Å². The molecular formula is C19H19ClN2O4. The van der Waals surface area contributed by atoms with Crippen LogP contribution < -0.4 is 5.56 Å². The van der Waals surface area contributed by atoms with Gasteiger partial charge in [0.25, 0.3) is 5.56 Å². The largest absolute Gasteiger partial charge is 0.494 e. The van der Waals surface area contributed by atoms with Crippen molar-refractivity contribution in [2.45, 2.75) is 26.3 Å². The topological polar surface area (TPSA) is 92.3 Å². The highest BCUT2D eigenvalue weighted by molar-refractivity contribution is 6.30. The van der Waals surface area contributed by atoms with E-state index in [0.29, 0.717) is 23.6 Å². The molecule has 1 aromatic heterocycles. The van der Waals surface area contributed by atoms with Crippen LogP contribution in [0.15, 0.2) is 29.1 Å². The Morgan fingerprint density at radius 1 is 1.35 bits per heavy atom. The van der Waals surface area contributed by atoms with Gasteiger partial charge in [-0.25, -0.2) is 0 Å². The normalized spacial score (nSPS) is 10.5. The van der Waals surface area contributed by atoms with E-state index in [0.717, 1.165) is 4.57 Å². The van der Waals surface area contributed by atoms with Crippen LogP contribution in [0.3, 0.4) is 0 Å². The number of carbonyl (C=O) groups is 1. The first-order valence-corrected chi connectivity index (χ1v) is 8.41. The maximum absolute atomic E-state index is 12.8. The van der Waals surface area contributed by atoms with Crippen molar-refractivity contribution in [1.29, 1.82) is 5.26 Å². The molecule has 6 nitrogen and oxygen atoms in total. The van der Waals surface area contributed by atoms with Crippen molar-refractivity contribution >= 4 is 17.4 Å². The fourth-order valence-electron chi connectivity index (χ4n) is 2.74. The fourth-order valence-corrected chi connectivity index (χ4v) is 2.86. The van der Waals surface area contributed by atoms with Crippen LogP contribution in [0.2, 0.25) is 5.02 Å². The second kappa shape index (κ2) is 8.65. The number of aromatic hydroxyl groups is 1. The van der Waals surface area contributed by atoms with E-state index in [2.05, 4.69) is 0 Å². The zero-order valence-electron chi connectivity index (χ0n) is 14.6. The number of ether oxygens (including phenoxy) is 1. The summed E-state index contributed by atoms with van der Waals surface area (Å²) in [5.74, 6) is -0.791. The van der Waals surface area contributed by atoms with E-state index in [1.807, 2.05) is 6.07 Å². The molecule has 26 heavy (non-hydrogen) atoms. The average molecular weight is 375 g/mol. The number of Topliss-reactive ketones (excluding diaryl/α,β-unsaturated/α-hetero) is 1. The summed E-state index contributed by atoms with van der Waals surface area (Å²) in [6, 6.07) is 8.61. The molecule has 1 aromatic carbocycles. The Balaban J connectivity index is 2.47. The lowest BCUT2D eigenvalue weighted by molar-refractivity contribution is 0.0988. The van der Waals surface area contributed by atoms with Crippen LogP contribution in [0, 0.1) is 18.3 Å². The molecule has 0 radical (unpaired) electrons. The minimum atomic E-state index is -0.610. The van der Waals surface area contributed by atoms with Gasteiger partial charge in [-0.05, 0) is 36.6 Å². The summed E-state index contributed by atoms with van der Waals surface area (Å²) in [5, 5.41) is 20.4. The third kappa shape index (κ3) is 4.13. The maximum atomic E-state index is 12.8. The number of carbonyl (C=O) groups excluding carboxylic acids is 1. The van der Waals surface area contributed by atoms with Gasteiger partial charge in [0.1, 0.15) is 11.6 Å². The molecule has 1 N–H and O–H groups in total. The van der Waals surface area contributed by atoms with E-state index in [1.165, 1.54) is 14.0 Å². The number of aromatic nitrogens is 1. The molecule has 0 unspecified atom stereocenters. The Morgan fingerprint density at radius 3 is 2.58 bits per heavy atom. The molecule has 0 aliphatic heterocycles. The Morgan fingerprint density at radius 2 is 2.00 bits per heavy atom. The first kappa shape index (κ1) is 19.7. The number of methoxy groups -OCH3 is 1. The van der Waals surface area contributed by atoms with Crippen LogP contribution in [-0.4, -0.2) is 29.2 Å². The fraction of sp³-hybridized carbons (Fsp3) is 0.316. The van der Waals surface area contributed by atoms with Crippen LogP contribution >= 0.6 is 11.6 Å². The minimum Gasteiger partial charge on any atom is -0.494 e. The average Bonchev–Trinajstić information content (AvgIpc) is 2.60. The Bertz CT molecular complexity index is 911. The highest BCUT2D eigenvalue weighted by atomic mass is 35.5. The van der Waals surface area contributed by atoms with Crippen molar-refractivity contribution in [2.24, 2.45) is 0 Å². The molecule has 0 bridgehead atoms. The molecule has 0 amide bonds. The summed E-state index contributed by atoms with van der Waals surface area (Å²) in [6.07, 6.45) is 0.482. The first-order valence-electron chi connectivity index (χ1n) is 8.03. The van der Waals surface area contributed by atoms with Gasteiger partial charge in [-0.3, -0.25) is 14.2 Å². The maximum Gasteiger partial charge on any atom is 0.271 e. The zero-order valence-corrected chi connectivity index (χ0v) is 15.3. The number of ketones is 1. The molecule has 0 saturated heterocycles. The predicted molar refractivity (Wildman–Crippen MR) is 97.8 cm³/mol. The summed E-state index contributed by atoms with van der Waals surface area (Å²) < 4.78 is 6.01. The van der Waals surface area contributed by atoms with Gasteiger partial charge in [-0.1, -0.05) is 23.7 Å². The molecule has 7 heteroatoms. The SMILES string of the molecule is COCCCn1c(O)c(C(=O)Cc2ccc(Cl)cc2)c(C)c(C#N)c1=O. The lowest BCUT2D eigenvalue weighted by Crippen LogP contribution is -2.27. The van der Waals surface area contributed by atoms with Crippen LogP contribution in [0.25, 0.3) is 0 Å². The molecule has 0 spiro atoms. The number of rotatable bonds is 7. The van der Waals surface area contributed by atoms with Gasteiger partial charge in [-0.2, -0.15) is 5.26 Å². The van der Waals surface area contributed by atoms with E-state index in [4.69, 9.17) is 16.3 Å². The van der Waals surface area contributed by atoms with Crippen molar-refractivity contribution in [3.63, 3.8) is 0 Å². The molecule has 2 aromatic rings. The Hall–Kier alpha value is -2.62. The molecule has 0 aliphatic rings. The van der Waals surface area contributed by atoms with Gasteiger partial charge in [0, 0.05) is 31.7 Å². The van der Waals surface area contributed by atoms with Crippen LogP contribution in [0.5, 0.6) is 5.88 Å². The molecule has 136 valence electrons. The molecule has 0 aliphatic carbocycles. The lowest BCUT2D eigenvalue weighted by Gasteiger charge is -2.15. The molecule has 0 saturated carbocycles. The highest BCUT2D eigenvalue weighted by Crippen LogP contribution is 2.24. The van der Waals surface area contributed by atoms with Gasteiger partial charge in [-0.15, -0.1) is 0 Å².